The van der Waals surface area contributed by atoms with Crippen LogP contribution in [0.4, 0.5) is 8.78 Å². The van der Waals surface area contributed by atoms with Crippen molar-refractivity contribution in [3.8, 4) is 6.07 Å². The van der Waals surface area contributed by atoms with Crippen LogP contribution in [0, 0.1) is 23.0 Å². The minimum absolute atomic E-state index is 0. The second-order valence-corrected chi connectivity index (χ2v) is 6.02. The molecule has 0 aliphatic carbocycles. The zero-order valence-electron chi connectivity index (χ0n) is 15.2. The van der Waals surface area contributed by atoms with Gasteiger partial charge >= 0.3 is 0 Å². The second-order valence-electron chi connectivity index (χ2n) is 6.02. The van der Waals surface area contributed by atoms with Gasteiger partial charge in [-0.1, -0.05) is 0 Å². The summed E-state index contributed by atoms with van der Waals surface area (Å²) >= 11 is 0. The molecule has 0 aliphatic heterocycles. The fourth-order valence-corrected chi connectivity index (χ4v) is 2.85. The van der Waals surface area contributed by atoms with Gasteiger partial charge < -0.3 is 15.6 Å². The van der Waals surface area contributed by atoms with E-state index in [0.29, 0.717) is 30.1 Å². The Kier molecular flexibility index (Phi) is 7.75. The van der Waals surface area contributed by atoms with E-state index in [4.69, 9.17) is 5.26 Å². The minimum Gasteiger partial charge on any atom is -0.361 e. The lowest BCUT2D eigenvalue weighted by atomic mass is 10.1. The van der Waals surface area contributed by atoms with Crippen LogP contribution in [-0.2, 0) is 13.0 Å². The van der Waals surface area contributed by atoms with Crippen LogP contribution in [0.5, 0.6) is 0 Å². The van der Waals surface area contributed by atoms with E-state index in [2.05, 4.69) is 20.6 Å². The van der Waals surface area contributed by atoms with Crippen molar-refractivity contribution in [2.24, 2.45) is 4.99 Å². The van der Waals surface area contributed by atoms with E-state index in [1.54, 1.807) is 13.1 Å². The predicted molar refractivity (Wildman–Crippen MR) is 117 cm³/mol. The SMILES string of the molecule is CN=C(NCCc1c[nH]c2ccc(F)cc12)NCc1cc(C#N)ccc1F.I. The van der Waals surface area contributed by atoms with Crippen molar-refractivity contribution in [2.45, 2.75) is 13.0 Å². The molecular formula is C20H20F2IN5. The average molecular weight is 495 g/mol. The Bertz CT molecular complexity index is 1020. The molecule has 5 nitrogen and oxygen atoms in total. The van der Waals surface area contributed by atoms with Crippen molar-refractivity contribution in [2.75, 3.05) is 13.6 Å². The molecule has 0 radical (unpaired) electrons. The lowest BCUT2D eigenvalue weighted by Gasteiger charge is -2.12. The van der Waals surface area contributed by atoms with Gasteiger partial charge in [-0.15, -0.1) is 24.0 Å². The minimum atomic E-state index is -0.377. The van der Waals surface area contributed by atoms with Gasteiger partial charge in [0.25, 0.3) is 0 Å². The number of hydrogen-bond acceptors (Lipinski definition) is 2. The van der Waals surface area contributed by atoms with Crippen molar-refractivity contribution in [1.82, 2.24) is 15.6 Å². The molecule has 3 rings (SSSR count). The molecule has 2 aromatic carbocycles. The summed E-state index contributed by atoms with van der Waals surface area (Å²) in [7, 11) is 1.62. The van der Waals surface area contributed by atoms with Crippen LogP contribution in [0.2, 0.25) is 0 Å². The van der Waals surface area contributed by atoms with Gasteiger partial charge in [0.05, 0.1) is 11.6 Å². The maximum absolute atomic E-state index is 13.8. The maximum atomic E-state index is 13.8. The van der Waals surface area contributed by atoms with Gasteiger partial charge in [0.15, 0.2) is 5.96 Å². The molecule has 0 unspecified atom stereocenters. The molecule has 0 saturated heterocycles. The Labute approximate surface area is 178 Å². The van der Waals surface area contributed by atoms with E-state index in [0.717, 1.165) is 16.5 Å². The molecule has 0 aliphatic rings. The zero-order chi connectivity index (χ0) is 19.2. The van der Waals surface area contributed by atoms with E-state index in [1.165, 1.54) is 30.3 Å². The van der Waals surface area contributed by atoms with Crippen molar-refractivity contribution < 1.29 is 8.78 Å². The lowest BCUT2D eigenvalue weighted by molar-refractivity contribution is 0.604. The molecule has 0 amide bonds. The fraction of sp³-hybridized carbons (Fsp3) is 0.200. The number of aromatic nitrogens is 1. The summed E-state index contributed by atoms with van der Waals surface area (Å²) in [4.78, 5) is 7.23. The van der Waals surface area contributed by atoms with E-state index in [1.807, 2.05) is 12.3 Å². The third-order valence-corrected chi connectivity index (χ3v) is 4.26. The van der Waals surface area contributed by atoms with Gasteiger partial charge in [0.2, 0.25) is 0 Å². The summed E-state index contributed by atoms with van der Waals surface area (Å²) in [5.74, 6) is -0.129. The van der Waals surface area contributed by atoms with E-state index >= 15 is 0 Å². The first-order valence-electron chi connectivity index (χ1n) is 8.49. The molecule has 0 spiro atoms. The van der Waals surface area contributed by atoms with Crippen LogP contribution < -0.4 is 10.6 Å². The zero-order valence-corrected chi connectivity index (χ0v) is 17.6. The predicted octanol–water partition coefficient (Wildman–Crippen LogP) is 3.84. The highest BCUT2D eigenvalue weighted by Crippen LogP contribution is 2.19. The Morgan fingerprint density at radius 3 is 2.71 bits per heavy atom. The number of rotatable bonds is 5. The molecule has 0 fully saturated rings. The number of guanidine groups is 1. The first-order valence-corrected chi connectivity index (χ1v) is 8.49. The van der Waals surface area contributed by atoms with Crippen LogP contribution in [0.25, 0.3) is 10.9 Å². The highest BCUT2D eigenvalue weighted by Gasteiger charge is 2.07. The standard InChI is InChI=1S/C20H19F2N5.HI/c1-24-20(27-12-15-8-13(10-23)2-4-18(15)22)25-7-6-14-11-26-19-5-3-16(21)9-17(14)19;/h2-5,8-9,11,26H,6-7,12H2,1H3,(H2,24,25,27);1H. The largest absolute Gasteiger partial charge is 0.361 e. The molecule has 0 saturated carbocycles. The van der Waals surface area contributed by atoms with Crippen LogP contribution >= 0.6 is 24.0 Å². The summed E-state index contributed by atoms with van der Waals surface area (Å²) in [5, 5.41) is 16.0. The van der Waals surface area contributed by atoms with Gasteiger partial charge in [-0.3, -0.25) is 4.99 Å². The number of nitrogens with zero attached hydrogens (tertiary/aromatic N) is 2. The molecule has 3 N–H and O–H groups in total. The van der Waals surface area contributed by atoms with Gasteiger partial charge in [-0.2, -0.15) is 5.26 Å². The quantitative estimate of drug-likeness (QED) is 0.286. The molecule has 1 aromatic heterocycles. The third kappa shape index (κ3) is 5.19. The molecule has 3 aromatic rings. The summed E-state index contributed by atoms with van der Waals surface area (Å²) in [6, 6.07) is 10.9. The van der Waals surface area contributed by atoms with E-state index in [-0.39, 0.29) is 42.2 Å². The van der Waals surface area contributed by atoms with Crippen LogP contribution in [0.1, 0.15) is 16.7 Å². The van der Waals surface area contributed by atoms with Crippen molar-refractivity contribution >= 4 is 40.8 Å². The lowest BCUT2D eigenvalue weighted by Crippen LogP contribution is -2.38. The van der Waals surface area contributed by atoms with E-state index in [9.17, 15) is 8.78 Å². The van der Waals surface area contributed by atoms with Crippen LogP contribution in [0.3, 0.4) is 0 Å². The maximum Gasteiger partial charge on any atom is 0.191 e. The van der Waals surface area contributed by atoms with Gasteiger partial charge in [0.1, 0.15) is 11.6 Å². The molecule has 0 atom stereocenters. The second kappa shape index (κ2) is 10.0. The van der Waals surface area contributed by atoms with Crippen molar-refractivity contribution in [1.29, 1.82) is 5.26 Å². The summed E-state index contributed by atoms with van der Waals surface area (Å²) in [5.41, 5.74) is 2.69. The first kappa shape index (κ1) is 21.6. The fourth-order valence-electron chi connectivity index (χ4n) is 2.85. The number of nitriles is 1. The highest BCUT2D eigenvalue weighted by atomic mass is 127. The normalized spacial score (nSPS) is 11.0. The van der Waals surface area contributed by atoms with Crippen LogP contribution in [0.15, 0.2) is 47.6 Å². The topological polar surface area (TPSA) is 76.0 Å². The molecule has 28 heavy (non-hydrogen) atoms. The number of aromatic amines is 1. The monoisotopic (exact) mass is 495 g/mol. The van der Waals surface area contributed by atoms with Crippen LogP contribution in [-0.4, -0.2) is 24.5 Å². The molecule has 8 heteroatoms. The summed E-state index contributed by atoms with van der Waals surface area (Å²) in [6.07, 6.45) is 2.53. The Morgan fingerprint density at radius 1 is 1.14 bits per heavy atom. The molecule has 1 heterocycles. The molecule has 146 valence electrons. The number of halogens is 3. The number of H-pyrrole nitrogens is 1. The smallest absolute Gasteiger partial charge is 0.191 e. The Morgan fingerprint density at radius 2 is 1.96 bits per heavy atom. The highest BCUT2D eigenvalue weighted by molar-refractivity contribution is 14.0. The first-order chi connectivity index (χ1) is 13.1. The van der Waals surface area contributed by atoms with Gasteiger partial charge in [-0.25, -0.2) is 8.78 Å². The number of fused-ring (bicyclic) bond motifs is 1. The summed E-state index contributed by atoms with van der Waals surface area (Å²) < 4.78 is 27.3. The van der Waals surface area contributed by atoms with Crippen molar-refractivity contribution in [3.05, 3.63) is 70.9 Å². The average Bonchev–Trinajstić information content (AvgIpc) is 3.07. The Balaban J connectivity index is 0.00000280. The van der Waals surface area contributed by atoms with Crippen molar-refractivity contribution in [3.63, 3.8) is 0 Å². The van der Waals surface area contributed by atoms with E-state index < -0.39 is 0 Å². The number of nitrogens with one attached hydrogen (secondary N) is 3. The number of aliphatic imine (C=N–C) groups is 1. The third-order valence-electron chi connectivity index (χ3n) is 4.26. The van der Waals surface area contributed by atoms with Gasteiger partial charge in [0, 0.05) is 42.8 Å². The Hall–Kier alpha value is -2.67. The van der Waals surface area contributed by atoms with Gasteiger partial charge in [-0.05, 0) is 48.4 Å². The number of benzene rings is 2. The number of hydrogen-bond donors (Lipinski definition) is 3. The molecular weight excluding hydrogens is 475 g/mol. The molecule has 0 bridgehead atoms. The summed E-state index contributed by atoms with van der Waals surface area (Å²) in [6.45, 7) is 0.781.